The van der Waals surface area contributed by atoms with Gasteiger partial charge in [0.2, 0.25) is 0 Å². The van der Waals surface area contributed by atoms with Gasteiger partial charge in [0.1, 0.15) is 0 Å². The van der Waals surface area contributed by atoms with E-state index >= 15 is 0 Å². The molecule has 0 aliphatic rings. The van der Waals surface area contributed by atoms with Crippen LogP contribution in [0.3, 0.4) is 0 Å². The Kier molecular flexibility index (Phi) is 4.43. The SMILES string of the molecule is CC(C)Cc1ccc(Cn2cc(Cl)ccc2=O)cc1. The Morgan fingerprint density at radius 1 is 1.05 bits per heavy atom. The van der Waals surface area contributed by atoms with Crippen molar-refractivity contribution < 1.29 is 0 Å². The fraction of sp³-hybridized carbons (Fsp3) is 0.312. The van der Waals surface area contributed by atoms with E-state index in [4.69, 9.17) is 11.6 Å². The molecule has 2 nitrogen and oxygen atoms in total. The number of hydrogen-bond donors (Lipinski definition) is 0. The Morgan fingerprint density at radius 3 is 2.32 bits per heavy atom. The highest BCUT2D eigenvalue weighted by molar-refractivity contribution is 6.30. The van der Waals surface area contributed by atoms with Gasteiger partial charge in [-0.3, -0.25) is 4.79 Å². The fourth-order valence-corrected chi connectivity index (χ4v) is 2.26. The van der Waals surface area contributed by atoms with Crippen molar-refractivity contribution in [3.05, 3.63) is 69.1 Å². The Hall–Kier alpha value is -1.54. The van der Waals surface area contributed by atoms with Gasteiger partial charge in [-0.2, -0.15) is 0 Å². The van der Waals surface area contributed by atoms with Crippen LogP contribution in [0.15, 0.2) is 47.4 Å². The van der Waals surface area contributed by atoms with Crippen LogP contribution in [0.1, 0.15) is 25.0 Å². The summed E-state index contributed by atoms with van der Waals surface area (Å²) in [6.07, 6.45) is 2.75. The Labute approximate surface area is 118 Å². The molecule has 0 aliphatic carbocycles. The van der Waals surface area contributed by atoms with Gasteiger partial charge in [0.15, 0.2) is 0 Å². The number of pyridine rings is 1. The quantitative estimate of drug-likeness (QED) is 0.833. The minimum atomic E-state index is -0.0318. The molecule has 0 radical (unpaired) electrons. The van der Waals surface area contributed by atoms with Gasteiger partial charge in [-0.25, -0.2) is 0 Å². The number of aromatic nitrogens is 1. The first-order chi connectivity index (χ1) is 9.04. The third-order valence-electron chi connectivity index (χ3n) is 2.97. The molecule has 0 aliphatic heterocycles. The van der Waals surface area contributed by atoms with Crippen LogP contribution >= 0.6 is 11.6 Å². The van der Waals surface area contributed by atoms with Crippen molar-refractivity contribution in [2.24, 2.45) is 5.92 Å². The Balaban J connectivity index is 2.15. The van der Waals surface area contributed by atoms with Crippen LogP contribution in [-0.4, -0.2) is 4.57 Å². The van der Waals surface area contributed by atoms with Crippen LogP contribution in [0.4, 0.5) is 0 Å². The van der Waals surface area contributed by atoms with Crippen molar-refractivity contribution in [3.8, 4) is 0 Å². The van der Waals surface area contributed by atoms with Gasteiger partial charge in [-0.05, 0) is 29.5 Å². The van der Waals surface area contributed by atoms with E-state index in [1.54, 1.807) is 16.8 Å². The van der Waals surface area contributed by atoms with Crippen LogP contribution in [0, 0.1) is 5.92 Å². The largest absolute Gasteiger partial charge is 0.310 e. The number of rotatable bonds is 4. The third-order valence-corrected chi connectivity index (χ3v) is 3.19. The molecule has 0 saturated heterocycles. The average Bonchev–Trinajstić information content (AvgIpc) is 2.35. The van der Waals surface area contributed by atoms with Crippen LogP contribution < -0.4 is 5.56 Å². The molecule has 19 heavy (non-hydrogen) atoms. The summed E-state index contributed by atoms with van der Waals surface area (Å²) in [6, 6.07) is 11.5. The van der Waals surface area contributed by atoms with E-state index in [1.807, 2.05) is 0 Å². The molecule has 2 aromatic rings. The van der Waals surface area contributed by atoms with Crippen molar-refractivity contribution in [3.63, 3.8) is 0 Å². The van der Waals surface area contributed by atoms with Crippen molar-refractivity contribution >= 4 is 11.6 Å². The lowest BCUT2D eigenvalue weighted by atomic mass is 10.0. The second-order valence-electron chi connectivity index (χ2n) is 5.23. The summed E-state index contributed by atoms with van der Waals surface area (Å²) < 4.78 is 1.62. The monoisotopic (exact) mass is 275 g/mol. The predicted octanol–water partition coefficient (Wildman–Crippen LogP) is 3.75. The van der Waals surface area contributed by atoms with Gasteiger partial charge >= 0.3 is 0 Å². The van der Waals surface area contributed by atoms with Gasteiger partial charge in [0.25, 0.3) is 5.56 Å². The maximum absolute atomic E-state index is 11.7. The van der Waals surface area contributed by atoms with Crippen LogP contribution in [-0.2, 0) is 13.0 Å². The minimum Gasteiger partial charge on any atom is -0.310 e. The van der Waals surface area contributed by atoms with Crippen LogP contribution in [0.5, 0.6) is 0 Å². The van der Waals surface area contributed by atoms with Gasteiger partial charge in [-0.1, -0.05) is 49.7 Å². The molecule has 2 rings (SSSR count). The summed E-state index contributed by atoms with van der Waals surface area (Å²) in [6.45, 7) is 4.97. The lowest BCUT2D eigenvalue weighted by Gasteiger charge is -2.08. The zero-order valence-electron chi connectivity index (χ0n) is 11.3. The van der Waals surface area contributed by atoms with Gasteiger partial charge in [0.05, 0.1) is 11.6 Å². The number of nitrogens with zero attached hydrogens (tertiary/aromatic N) is 1. The summed E-state index contributed by atoms with van der Waals surface area (Å²) in [5.74, 6) is 0.654. The molecular formula is C16H18ClNO. The van der Waals surface area contributed by atoms with E-state index in [2.05, 4.69) is 38.1 Å². The molecule has 100 valence electrons. The van der Waals surface area contributed by atoms with E-state index in [9.17, 15) is 4.79 Å². The third kappa shape index (κ3) is 3.97. The van der Waals surface area contributed by atoms with Crippen molar-refractivity contribution in [2.45, 2.75) is 26.8 Å². The summed E-state index contributed by atoms with van der Waals surface area (Å²) in [5.41, 5.74) is 2.41. The molecule has 0 amide bonds. The van der Waals surface area contributed by atoms with Crippen molar-refractivity contribution in [1.29, 1.82) is 0 Å². The second-order valence-corrected chi connectivity index (χ2v) is 5.66. The van der Waals surface area contributed by atoms with E-state index in [-0.39, 0.29) is 5.56 Å². The first-order valence-electron chi connectivity index (χ1n) is 6.48. The lowest BCUT2D eigenvalue weighted by molar-refractivity contribution is 0.647. The minimum absolute atomic E-state index is 0.0318. The van der Waals surface area contributed by atoms with Crippen LogP contribution in [0.25, 0.3) is 0 Å². The standard InChI is InChI=1S/C16H18ClNO/c1-12(2)9-13-3-5-14(6-4-13)10-18-11-15(17)7-8-16(18)19/h3-8,11-12H,9-10H2,1-2H3. The Bertz CT molecular complexity index is 599. The Morgan fingerprint density at radius 2 is 1.68 bits per heavy atom. The zero-order valence-corrected chi connectivity index (χ0v) is 12.0. The van der Waals surface area contributed by atoms with Crippen molar-refractivity contribution in [1.82, 2.24) is 4.57 Å². The first kappa shape index (κ1) is 13.9. The molecule has 1 aromatic heterocycles. The van der Waals surface area contributed by atoms with E-state index in [0.29, 0.717) is 17.5 Å². The smallest absolute Gasteiger partial charge is 0.250 e. The molecule has 0 saturated carbocycles. The number of hydrogen-bond acceptors (Lipinski definition) is 1. The molecule has 0 atom stereocenters. The molecule has 0 N–H and O–H groups in total. The lowest BCUT2D eigenvalue weighted by Crippen LogP contribution is -2.18. The van der Waals surface area contributed by atoms with Gasteiger partial charge in [-0.15, -0.1) is 0 Å². The summed E-state index contributed by atoms with van der Waals surface area (Å²) in [4.78, 5) is 11.7. The number of benzene rings is 1. The van der Waals surface area contributed by atoms with Gasteiger partial charge < -0.3 is 4.57 Å². The molecule has 0 bridgehead atoms. The molecule has 1 heterocycles. The van der Waals surface area contributed by atoms with Crippen molar-refractivity contribution in [2.75, 3.05) is 0 Å². The maximum Gasteiger partial charge on any atom is 0.250 e. The molecule has 0 spiro atoms. The highest BCUT2D eigenvalue weighted by atomic mass is 35.5. The normalized spacial score (nSPS) is 10.9. The maximum atomic E-state index is 11.7. The summed E-state index contributed by atoms with van der Waals surface area (Å²) in [7, 11) is 0. The molecule has 1 aromatic carbocycles. The first-order valence-corrected chi connectivity index (χ1v) is 6.86. The molecule has 0 fully saturated rings. The number of halogens is 1. The highest BCUT2D eigenvalue weighted by Crippen LogP contribution is 2.11. The second kappa shape index (κ2) is 6.07. The van der Waals surface area contributed by atoms with E-state index in [1.165, 1.54) is 11.6 Å². The molecule has 3 heteroatoms. The molecular weight excluding hydrogens is 258 g/mol. The predicted molar refractivity (Wildman–Crippen MR) is 79.8 cm³/mol. The fourth-order valence-electron chi connectivity index (χ4n) is 2.07. The van der Waals surface area contributed by atoms with Gasteiger partial charge in [0, 0.05) is 12.3 Å². The topological polar surface area (TPSA) is 22.0 Å². The summed E-state index contributed by atoms with van der Waals surface area (Å²) in [5, 5.41) is 0.580. The van der Waals surface area contributed by atoms with E-state index in [0.717, 1.165) is 12.0 Å². The van der Waals surface area contributed by atoms with E-state index < -0.39 is 0 Å². The average molecular weight is 276 g/mol. The van der Waals surface area contributed by atoms with Crippen LogP contribution in [0.2, 0.25) is 5.02 Å². The highest BCUT2D eigenvalue weighted by Gasteiger charge is 2.01. The zero-order chi connectivity index (χ0) is 13.8. The molecule has 0 unspecified atom stereocenters. The summed E-state index contributed by atoms with van der Waals surface area (Å²) >= 11 is 5.91.